The van der Waals surface area contributed by atoms with Gasteiger partial charge in [-0.2, -0.15) is 0 Å². The number of carbonyl (C=O) groups excluding carboxylic acids is 4. The highest BCUT2D eigenvalue weighted by atomic mass is 32.2. The van der Waals surface area contributed by atoms with Crippen molar-refractivity contribution in [1.29, 1.82) is 0 Å². The van der Waals surface area contributed by atoms with Crippen LogP contribution in [0.15, 0.2) is 77.8 Å². The maximum absolute atomic E-state index is 12.7. The molecule has 40 heavy (non-hydrogen) atoms. The third-order valence-corrected chi connectivity index (χ3v) is 6.87. The van der Waals surface area contributed by atoms with Gasteiger partial charge in [0.05, 0.1) is 23.5 Å². The van der Waals surface area contributed by atoms with E-state index in [0.717, 1.165) is 17.3 Å². The van der Waals surface area contributed by atoms with E-state index in [0.29, 0.717) is 19.4 Å². The van der Waals surface area contributed by atoms with Gasteiger partial charge in [-0.1, -0.05) is 49.4 Å². The first-order valence-electron chi connectivity index (χ1n) is 12.5. The first kappa shape index (κ1) is 30.0. The molecule has 0 aliphatic carbocycles. The monoisotopic (exact) mass is 566 g/mol. The summed E-state index contributed by atoms with van der Waals surface area (Å²) in [6.45, 7) is 2.15. The Morgan fingerprint density at radius 1 is 0.850 bits per heavy atom. The molecule has 2 aromatic carbocycles. The Morgan fingerprint density at radius 2 is 1.57 bits per heavy atom. The highest BCUT2D eigenvalue weighted by molar-refractivity contribution is 7.90. The standard InChI is InChI=1S/C28H30N4O7S/c1-2-16-39-26(34)19-31-28(36)24-13-10-22(18-30-24)27(35)32-40(37,38)23-11-8-20(9-12-23)14-15-29-25(33)17-21-6-4-3-5-7-21/h3-13,18H,2,14-17,19H2,1H3,(H,29,33)(H,31,36)(H,32,35). The molecule has 3 aromatic rings. The predicted molar refractivity (Wildman–Crippen MR) is 146 cm³/mol. The maximum Gasteiger partial charge on any atom is 0.325 e. The molecule has 0 saturated carbocycles. The molecular weight excluding hydrogens is 536 g/mol. The molecule has 0 aliphatic rings. The molecule has 1 aromatic heterocycles. The van der Waals surface area contributed by atoms with Gasteiger partial charge in [-0.05, 0) is 48.2 Å². The number of carbonyl (C=O) groups is 4. The lowest BCUT2D eigenvalue weighted by atomic mass is 10.1. The molecule has 0 atom stereocenters. The lowest BCUT2D eigenvalue weighted by Gasteiger charge is -2.09. The number of rotatable bonds is 13. The Bertz CT molecular complexity index is 1430. The van der Waals surface area contributed by atoms with Crippen LogP contribution < -0.4 is 15.4 Å². The van der Waals surface area contributed by atoms with E-state index in [2.05, 4.69) is 15.6 Å². The number of pyridine rings is 1. The molecule has 1 heterocycles. The predicted octanol–water partition coefficient (Wildman–Crippen LogP) is 1.78. The van der Waals surface area contributed by atoms with E-state index < -0.39 is 27.8 Å². The summed E-state index contributed by atoms with van der Waals surface area (Å²) >= 11 is 0. The maximum atomic E-state index is 12.7. The molecule has 12 heteroatoms. The quantitative estimate of drug-likeness (QED) is 0.264. The zero-order valence-corrected chi connectivity index (χ0v) is 22.7. The van der Waals surface area contributed by atoms with E-state index in [1.54, 1.807) is 12.1 Å². The van der Waals surface area contributed by atoms with Crippen LogP contribution in [0.5, 0.6) is 0 Å². The number of hydrogen-bond donors (Lipinski definition) is 3. The van der Waals surface area contributed by atoms with Crippen LogP contribution in [0, 0.1) is 0 Å². The molecule has 0 bridgehead atoms. The lowest BCUT2D eigenvalue weighted by Crippen LogP contribution is -2.32. The molecule has 3 amide bonds. The molecule has 11 nitrogen and oxygen atoms in total. The molecule has 0 aliphatic heterocycles. The minimum absolute atomic E-state index is 0.0606. The van der Waals surface area contributed by atoms with Crippen molar-refractivity contribution in [2.75, 3.05) is 19.7 Å². The summed E-state index contributed by atoms with van der Waals surface area (Å²) < 4.78 is 32.2. The van der Waals surface area contributed by atoms with Gasteiger partial charge in [0, 0.05) is 12.7 Å². The van der Waals surface area contributed by atoms with Crippen molar-refractivity contribution in [2.45, 2.75) is 31.1 Å². The summed E-state index contributed by atoms with van der Waals surface area (Å²) in [5.41, 5.74) is 1.58. The average Bonchev–Trinajstić information content (AvgIpc) is 2.95. The summed E-state index contributed by atoms with van der Waals surface area (Å²) in [5, 5.41) is 5.19. The number of aromatic nitrogens is 1. The van der Waals surface area contributed by atoms with Crippen LogP contribution in [-0.2, 0) is 37.2 Å². The first-order chi connectivity index (χ1) is 19.2. The van der Waals surface area contributed by atoms with Crippen LogP contribution in [-0.4, -0.2) is 56.8 Å². The minimum Gasteiger partial charge on any atom is -0.464 e. The van der Waals surface area contributed by atoms with E-state index in [9.17, 15) is 27.6 Å². The first-order valence-corrected chi connectivity index (χ1v) is 14.0. The van der Waals surface area contributed by atoms with Gasteiger partial charge in [0.25, 0.3) is 21.8 Å². The minimum atomic E-state index is -4.17. The fraction of sp³-hybridized carbons (Fsp3) is 0.250. The summed E-state index contributed by atoms with van der Waals surface area (Å²) in [4.78, 5) is 51.9. The number of benzene rings is 2. The van der Waals surface area contributed by atoms with Gasteiger partial charge in [0.1, 0.15) is 12.2 Å². The number of nitrogens with one attached hydrogen (secondary N) is 3. The van der Waals surface area contributed by atoms with E-state index in [1.165, 1.54) is 24.3 Å². The number of esters is 1. The van der Waals surface area contributed by atoms with E-state index in [1.807, 2.05) is 42.0 Å². The topological polar surface area (TPSA) is 161 Å². The summed E-state index contributed by atoms with van der Waals surface area (Å²) in [6.07, 6.45) is 2.49. The third-order valence-electron chi connectivity index (χ3n) is 5.52. The second-order valence-corrected chi connectivity index (χ2v) is 10.4. The van der Waals surface area contributed by atoms with Crippen molar-refractivity contribution in [1.82, 2.24) is 20.3 Å². The van der Waals surface area contributed by atoms with Crippen LogP contribution in [0.2, 0.25) is 0 Å². The van der Waals surface area contributed by atoms with Crippen molar-refractivity contribution in [3.05, 3.63) is 95.3 Å². The highest BCUT2D eigenvalue weighted by Gasteiger charge is 2.20. The number of sulfonamides is 1. The van der Waals surface area contributed by atoms with Crippen LogP contribution in [0.25, 0.3) is 0 Å². The Morgan fingerprint density at radius 3 is 2.23 bits per heavy atom. The molecule has 210 valence electrons. The summed E-state index contributed by atoms with van der Waals surface area (Å²) in [6, 6.07) is 17.8. The number of hydrogen-bond acceptors (Lipinski definition) is 8. The van der Waals surface area contributed by atoms with Crippen LogP contribution in [0.4, 0.5) is 0 Å². The summed E-state index contributed by atoms with van der Waals surface area (Å²) in [7, 11) is -4.17. The van der Waals surface area contributed by atoms with Crippen LogP contribution in [0.1, 0.15) is 45.3 Å². The molecule has 0 spiro atoms. The number of amides is 3. The van der Waals surface area contributed by atoms with Crippen LogP contribution >= 0.6 is 0 Å². The zero-order chi connectivity index (χ0) is 29.0. The molecule has 3 rings (SSSR count). The fourth-order valence-electron chi connectivity index (χ4n) is 3.44. The fourth-order valence-corrected chi connectivity index (χ4v) is 4.41. The van der Waals surface area contributed by atoms with Gasteiger partial charge in [-0.25, -0.2) is 13.1 Å². The summed E-state index contributed by atoms with van der Waals surface area (Å²) in [5.74, 6) is -2.27. The molecule has 0 unspecified atom stereocenters. The van der Waals surface area contributed by atoms with Crippen molar-refractivity contribution in [3.8, 4) is 0 Å². The van der Waals surface area contributed by atoms with E-state index in [4.69, 9.17) is 4.74 Å². The lowest BCUT2D eigenvalue weighted by molar-refractivity contribution is -0.142. The molecule has 3 N–H and O–H groups in total. The van der Waals surface area contributed by atoms with Crippen molar-refractivity contribution in [2.24, 2.45) is 0 Å². The van der Waals surface area contributed by atoms with Crippen LogP contribution in [0.3, 0.4) is 0 Å². The second kappa shape index (κ2) is 14.5. The van der Waals surface area contributed by atoms with Gasteiger partial charge in [0.15, 0.2) is 0 Å². The number of nitrogens with zero attached hydrogens (tertiary/aromatic N) is 1. The molecule has 0 fully saturated rings. The van der Waals surface area contributed by atoms with Gasteiger partial charge >= 0.3 is 5.97 Å². The van der Waals surface area contributed by atoms with Crippen molar-refractivity contribution >= 4 is 33.7 Å². The Hall–Kier alpha value is -4.58. The number of ether oxygens (including phenoxy) is 1. The van der Waals surface area contributed by atoms with Crippen molar-refractivity contribution in [3.63, 3.8) is 0 Å². The zero-order valence-electron chi connectivity index (χ0n) is 21.9. The van der Waals surface area contributed by atoms with Gasteiger partial charge in [-0.3, -0.25) is 24.2 Å². The largest absolute Gasteiger partial charge is 0.464 e. The Kier molecular flexibility index (Phi) is 10.9. The normalized spacial score (nSPS) is 10.8. The second-order valence-electron chi connectivity index (χ2n) is 8.68. The van der Waals surface area contributed by atoms with E-state index >= 15 is 0 Å². The highest BCUT2D eigenvalue weighted by Crippen LogP contribution is 2.12. The van der Waals surface area contributed by atoms with Gasteiger partial charge in [0.2, 0.25) is 5.91 Å². The Labute approximate surface area is 232 Å². The molecular formula is C28H30N4O7S. The average molecular weight is 567 g/mol. The smallest absolute Gasteiger partial charge is 0.325 e. The third kappa shape index (κ3) is 9.31. The van der Waals surface area contributed by atoms with E-state index in [-0.39, 0.29) is 41.6 Å². The Balaban J connectivity index is 1.48. The van der Waals surface area contributed by atoms with Crippen molar-refractivity contribution < 1.29 is 32.3 Å². The van der Waals surface area contributed by atoms with Gasteiger partial charge in [-0.15, -0.1) is 0 Å². The molecule has 0 radical (unpaired) electrons. The SMILES string of the molecule is CCCOC(=O)CNC(=O)c1ccc(C(=O)NS(=O)(=O)c2ccc(CCNC(=O)Cc3ccccc3)cc2)cn1. The molecule has 0 saturated heterocycles. The van der Waals surface area contributed by atoms with Gasteiger partial charge < -0.3 is 15.4 Å².